The number of carbonyl (C=O) groups excluding carboxylic acids is 1. The van der Waals surface area contributed by atoms with Crippen LogP contribution in [0.3, 0.4) is 0 Å². The van der Waals surface area contributed by atoms with Gasteiger partial charge in [-0.05, 0) is 36.2 Å². The quantitative estimate of drug-likeness (QED) is 0.736. The van der Waals surface area contributed by atoms with Crippen LogP contribution in [-0.4, -0.2) is 41.3 Å². The van der Waals surface area contributed by atoms with Crippen LogP contribution in [0.5, 0.6) is 5.75 Å². The maximum atomic E-state index is 12.5. The first-order valence-electron chi connectivity index (χ1n) is 9.27. The number of nitrogens with zero attached hydrogens (tertiary/aromatic N) is 3. The molecule has 1 N–H and O–H groups in total. The van der Waals surface area contributed by atoms with Gasteiger partial charge < -0.3 is 19.5 Å². The molecule has 1 aliphatic rings. The topological polar surface area (TPSA) is 80.5 Å². The molecular weight excluding hydrogens is 356 g/mol. The van der Waals surface area contributed by atoms with Crippen molar-refractivity contribution >= 4 is 6.03 Å². The summed E-state index contributed by atoms with van der Waals surface area (Å²) in [6, 6.07) is 17.3. The lowest BCUT2D eigenvalue weighted by atomic mass is 10.1. The monoisotopic (exact) mass is 378 g/mol. The lowest BCUT2D eigenvalue weighted by molar-refractivity contribution is 0.207. The van der Waals surface area contributed by atoms with Gasteiger partial charge in [0.05, 0.1) is 7.11 Å². The van der Waals surface area contributed by atoms with E-state index in [2.05, 4.69) is 15.5 Å². The summed E-state index contributed by atoms with van der Waals surface area (Å²) in [5.74, 6) is 2.06. The highest BCUT2D eigenvalue weighted by Crippen LogP contribution is 2.27. The van der Waals surface area contributed by atoms with Gasteiger partial charge in [0.15, 0.2) is 5.82 Å². The molecule has 1 atom stereocenters. The Morgan fingerprint density at radius 2 is 2.00 bits per heavy atom. The van der Waals surface area contributed by atoms with Crippen molar-refractivity contribution in [1.82, 2.24) is 20.4 Å². The number of carbonyl (C=O) groups is 1. The van der Waals surface area contributed by atoms with Gasteiger partial charge in [0.25, 0.3) is 5.89 Å². The molecule has 4 rings (SSSR count). The van der Waals surface area contributed by atoms with Crippen molar-refractivity contribution < 1.29 is 14.1 Å². The second-order valence-electron chi connectivity index (χ2n) is 6.76. The van der Waals surface area contributed by atoms with Crippen LogP contribution in [0.2, 0.25) is 0 Å². The Morgan fingerprint density at radius 1 is 1.21 bits per heavy atom. The first kappa shape index (κ1) is 18.0. The van der Waals surface area contributed by atoms with E-state index in [0.717, 1.165) is 23.3 Å². The lowest BCUT2D eigenvalue weighted by Gasteiger charge is -2.17. The standard InChI is InChI=1S/C21H22N4O3/c1-27-18-9-7-15(8-10-18)13-22-21(26)25-12-11-17(14-25)19-23-20(28-24-19)16-5-3-2-4-6-16/h2-10,17H,11-14H2,1H3,(H,22,26). The van der Waals surface area contributed by atoms with Gasteiger partial charge in [-0.2, -0.15) is 4.98 Å². The number of rotatable bonds is 5. The fraction of sp³-hybridized carbons (Fsp3) is 0.286. The predicted octanol–water partition coefficient (Wildman–Crippen LogP) is 3.44. The minimum atomic E-state index is -0.0786. The van der Waals surface area contributed by atoms with Crippen molar-refractivity contribution in [2.45, 2.75) is 18.9 Å². The zero-order valence-electron chi connectivity index (χ0n) is 15.7. The highest BCUT2D eigenvalue weighted by molar-refractivity contribution is 5.74. The van der Waals surface area contributed by atoms with Gasteiger partial charge in [0.2, 0.25) is 0 Å². The molecule has 1 unspecified atom stereocenters. The van der Waals surface area contributed by atoms with E-state index in [9.17, 15) is 4.79 Å². The summed E-state index contributed by atoms with van der Waals surface area (Å²) in [4.78, 5) is 18.8. The van der Waals surface area contributed by atoms with E-state index in [1.807, 2.05) is 54.6 Å². The number of urea groups is 1. The molecule has 0 bridgehead atoms. The number of likely N-dealkylation sites (tertiary alicyclic amines) is 1. The zero-order chi connectivity index (χ0) is 19.3. The maximum absolute atomic E-state index is 12.5. The second-order valence-corrected chi connectivity index (χ2v) is 6.76. The SMILES string of the molecule is COc1ccc(CNC(=O)N2CCC(c3noc(-c4ccccc4)n3)C2)cc1. The van der Waals surface area contributed by atoms with Gasteiger partial charge in [0, 0.05) is 31.1 Å². The van der Waals surface area contributed by atoms with Gasteiger partial charge in [-0.3, -0.25) is 0 Å². The minimum Gasteiger partial charge on any atom is -0.497 e. The highest BCUT2D eigenvalue weighted by Gasteiger charge is 2.30. The van der Waals surface area contributed by atoms with E-state index in [1.54, 1.807) is 12.0 Å². The molecule has 1 aliphatic heterocycles. The third kappa shape index (κ3) is 3.98. The van der Waals surface area contributed by atoms with E-state index in [1.165, 1.54) is 0 Å². The number of hydrogen-bond acceptors (Lipinski definition) is 5. The van der Waals surface area contributed by atoms with E-state index in [0.29, 0.717) is 31.3 Å². The number of amides is 2. The summed E-state index contributed by atoms with van der Waals surface area (Å²) in [6.07, 6.45) is 0.823. The average Bonchev–Trinajstić information content (AvgIpc) is 3.43. The minimum absolute atomic E-state index is 0.0786. The van der Waals surface area contributed by atoms with Crippen molar-refractivity contribution in [2.24, 2.45) is 0 Å². The van der Waals surface area contributed by atoms with Crippen molar-refractivity contribution in [3.63, 3.8) is 0 Å². The molecule has 7 nitrogen and oxygen atoms in total. The molecule has 0 aliphatic carbocycles. The Kier molecular flexibility index (Phi) is 5.23. The van der Waals surface area contributed by atoms with Crippen LogP contribution in [-0.2, 0) is 6.54 Å². The smallest absolute Gasteiger partial charge is 0.317 e. The molecule has 2 aromatic carbocycles. The van der Waals surface area contributed by atoms with Gasteiger partial charge in [-0.15, -0.1) is 0 Å². The molecule has 2 heterocycles. The molecule has 7 heteroatoms. The van der Waals surface area contributed by atoms with Gasteiger partial charge in [-0.25, -0.2) is 4.79 Å². The number of aromatic nitrogens is 2. The third-order valence-corrected chi connectivity index (χ3v) is 4.91. The van der Waals surface area contributed by atoms with Crippen molar-refractivity contribution in [3.05, 3.63) is 66.0 Å². The van der Waals surface area contributed by atoms with E-state index >= 15 is 0 Å². The molecule has 1 aromatic heterocycles. The summed E-state index contributed by atoms with van der Waals surface area (Å²) in [5.41, 5.74) is 1.92. The fourth-order valence-electron chi connectivity index (χ4n) is 3.29. The van der Waals surface area contributed by atoms with Crippen LogP contribution < -0.4 is 10.1 Å². The Labute approximate surface area is 163 Å². The highest BCUT2D eigenvalue weighted by atomic mass is 16.5. The van der Waals surface area contributed by atoms with Crippen LogP contribution in [0.25, 0.3) is 11.5 Å². The lowest BCUT2D eigenvalue weighted by Crippen LogP contribution is -2.38. The number of benzene rings is 2. The van der Waals surface area contributed by atoms with Crippen LogP contribution in [0.15, 0.2) is 59.1 Å². The van der Waals surface area contributed by atoms with E-state index in [-0.39, 0.29) is 11.9 Å². The molecule has 144 valence electrons. The van der Waals surface area contributed by atoms with Crippen molar-refractivity contribution in [2.75, 3.05) is 20.2 Å². The molecule has 3 aromatic rings. The molecular formula is C21H22N4O3. The predicted molar refractivity (Wildman–Crippen MR) is 104 cm³/mol. The van der Waals surface area contributed by atoms with Gasteiger partial charge >= 0.3 is 6.03 Å². The Bertz CT molecular complexity index is 924. The summed E-state index contributed by atoms with van der Waals surface area (Å²) in [5, 5.41) is 7.09. The number of ether oxygens (including phenoxy) is 1. The Morgan fingerprint density at radius 3 is 2.75 bits per heavy atom. The number of methoxy groups -OCH3 is 1. The number of nitrogens with one attached hydrogen (secondary N) is 1. The Balaban J connectivity index is 1.32. The Hall–Kier alpha value is -3.35. The van der Waals surface area contributed by atoms with Gasteiger partial charge in [-0.1, -0.05) is 35.5 Å². The van der Waals surface area contributed by atoms with Crippen LogP contribution in [0, 0.1) is 0 Å². The molecule has 1 fully saturated rings. The first-order valence-corrected chi connectivity index (χ1v) is 9.27. The van der Waals surface area contributed by atoms with Gasteiger partial charge in [0.1, 0.15) is 5.75 Å². The van der Waals surface area contributed by atoms with Crippen molar-refractivity contribution in [1.29, 1.82) is 0 Å². The summed E-state index contributed by atoms with van der Waals surface area (Å²) in [6.45, 7) is 1.74. The fourth-order valence-corrected chi connectivity index (χ4v) is 3.29. The molecule has 1 saturated heterocycles. The summed E-state index contributed by atoms with van der Waals surface area (Å²) < 4.78 is 10.5. The average molecular weight is 378 g/mol. The molecule has 0 saturated carbocycles. The van der Waals surface area contributed by atoms with E-state index in [4.69, 9.17) is 9.26 Å². The molecule has 0 radical (unpaired) electrons. The third-order valence-electron chi connectivity index (χ3n) is 4.91. The summed E-state index contributed by atoms with van der Waals surface area (Å²) >= 11 is 0. The first-order chi connectivity index (χ1) is 13.7. The van der Waals surface area contributed by atoms with E-state index < -0.39 is 0 Å². The summed E-state index contributed by atoms with van der Waals surface area (Å²) in [7, 11) is 1.63. The van der Waals surface area contributed by atoms with Crippen LogP contribution in [0.1, 0.15) is 23.7 Å². The van der Waals surface area contributed by atoms with Crippen LogP contribution in [0.4, 0.5) is 4.79 Å². The second kappa shape index (κ2) is 8.12. The molecule has 28 heavy (non-hydrogen) atoms. The maximum Gasteiger partial charge on any atom is 0.317 e. The van der Waals surface area contributed by atoms with Crippen LogP contribution >= 0.6 is 0 Å². The molecule has 2 amide bonds. The largest absolute Gasteiger partial charge is 0.497 e. The molecule has 0 spiro atoms. The van der Waals surface area contributed by atoms with Crippen molar-refractivity contribution in [3.8, 4) is 17.2 Å². The number of hydrogen-bond donors (Lipinski definition) is 1. The normalized spacial score (nSPS) is 16.2. The zero-order valence-corrected chi connectivity index (χ0v) is 15.7.